The summed E-state index contributed by atoms with van der Waals surface area (Å²) >= 11 is 0. The van der Waals surface area contributed by atoms with Crippen molar-refractivity contribution < 1.29 is 18.7 Å². The van der Waals surface area contributed by atoms with Crippen LogP contribution in [-0.2, 0) is 17.6 Å². The molecule has 204 valence electrons. The second kappa shape index (κ2) is 13.8. The molecule has 38 heavy (non-hydrogen) atoms. The van der Waals surface area contributed by atoms with Gasteiger partial charge in [0, 0.05) is 50.2 Å². The molecule has 0 aliphatic carbocycles. The van der Waals surface area contributed by atoms with Gasteiger partial charge in [0.2, 0.25) is 6.43 Å². The number of carboxylic acids is 1. The number of carboxylic acid groups (broad SMARTS) is 1. The fourth-order valence-electron chi connectivity index (χ4n) is 4.47. The first-order valence-electron chi connectivity index (χ1n) is 13.0. The van der Waals surface area contributed by atoms with Crippen molar-refractivity contribution in [3.8, 4) is 5.82 Å². The predicted octanol–water partition coefficient (Wildman–Crippen LogP) is 3.65. The summed E-state index contributed by atoms with van der Waals surface area (Å²) in [4.78, 5) is 26.8. The fraction of sp³-hybridized carbons (Fsp3) is 0.500. The lowest BCUT2D eigenvalue weighted by molar-refractivity contribution is -0.138. The first kappa shape index (κ1) is 27.4. The summed E-state index contributed by atoms with van der Waals surface area (Å²) < 4.78 is 27.4. The maximum absolute atomic E-state index is 12.9. The van der Waals surface area contributed by atoms with E-state index >= 15 is 0 Å². The summed E-state index contributed by atoms with van der Waals surface area (Å²) in [6.07, 6.45) is 6.90. The van der Waals surface area contributed by atoms with Crippen LogP contribution in [0.15, 0.2) is 43.0 Å². The number of hydrogen-bond donors (Lipinski definition) is 3. The number of rotatable bonds is 15. The first-order valence-corrected chi connectivity index (χ1v) is 13.0. The lowest BCUT2D eigenvalue weighted by Crippen LogP contribution is -2.36. The van der Waals surface area contributed by atoms with Crippen LogP contribution >= 0.6 is 0 Å². The molecular weight excluding hydrogens is 494 g/mol. The van der Waals surface area contributed by atoms with Gasteiger partial charge in [-0.05, 0) is 62.8 Å². The van der Waals surface area contributed by atoms with Crippen molar-refractivity contribution in [2.45, 2.75) is 57.4 Å². The van der Waals surface area contributed by atoms with E-state index in [1.807, 2.05) is 4.90 Å². The number of unbranched alkanes of at least 4 members (excludes halogenated alkanes) is 1. The molecule has 1 atom stereocenters. The Hall–Kier alpha value is -3.67. The molecule has 0 aromatic carbocycles. The molecule has 1 unspecified atom stereocenters. The molecule has 0 saturated heterocycles. The van der Waals surface area contributed by atoms with Gasteiger partial charge in [-0.2, -0.15) is 5.10 Å². The SMILES string of the molecule is O=C(O)C(CCN(CCCCc1ccc2c(n1)NCCC2)CCC(F)F)Nc1cc(-n2cccn2)ncn1. The average molecular weight is 529 g/mol. The van der Waals surface area contributed by atoms with Gasteiger partial charge >= 0.3 is 5.97 Å². The molecule has 0 fully saturated rings. The van der Waals surface area contributed by atoms with E-state index in [4.69, 9.17) is 4.98 Å². The molecule has 0 amide bonds. The van der Waals surface area contributed by atoms with Gasteiger partial charge in [-0.15, -0.1) is 0 Å². The van der Waals surface area contributed by atoms with E-state index in [2.05, 4.69) is 37.8 Å². The molecule has 1 aliphatic heterocycles. The number of carbonyl (C=O) groups is 1. The minimum atomic E-state index is -2.40. The zero-order valence-corrected chi connectivity index (χ0v) is 21.3. The van der Waals surface area contributed by atoms with Gasteiger partial charge in [0.05, 0.1) is 0 Å². The zero-order valence-electron chi connectivity index (χ0n) is 21.3. The fourth-order valence-corrected chi connectivity index (χ4v) is 4.47. The molecule has 3 aromatic rings. The lowest BCUT2D eigenvalue weighted by atomic mass is 10.1. The maximum atomic E-state index is 12.9. The minimum Gasteiger partial charge on any atom is -0.480 e. The number of anilines is 2. The second-order valence-electron chi connectivity index (χ2n) is 9.36. The predicted molar refractivity (Wildman–Crippen MR) is 140 cm³/mol. The van der Waals surface area contributed by atoms with Crippen LogP contribution in [0.4, 0.5) is 20.4 Å². The van der Waals surface area contributed by atoms with Crippen LogP contribution in [0.5, 0.6) is 0 Å². The Labute approximate surface area is 220 Å². The molecular formula is C26H34F2N8O2. The summed E-state index contributed by atoms with van der Waals surface area (Å²) in [6, 6.07) is 6.63. The van der Waals surface area contributed by atoms with Gasteiger partial charge in [0.1, 0.15) is 24.0 Å². The number of aryl methyl sites for hydroxylation is 2. The number of alkyl halides is 2. The summed E-state index contributed by atoms with van der Waals surface area (Å²) in [7, 11) is 0. The monoisotopic (exact) mass is 528 g/mol. The van der Waals surface area contributed by atoms with Gasteiger partial charge in [0.25, 0.3) is 0 Å². The summed E-state index contributed by atoms with van der Waals surface area (Å²) in [5.41, 5.74) is 2.27. The highest BCUT2D eigenvalue weighted by Gasteiger charge is 2.20. The Kier molecular flexibility index (Phi) is 9.90. The van der Waals surface area contributed by atoms with Gasteiger partial charge in [-0.1, -0.05) is 6.07 Å². The number of halogens is 2. The van der Waals surface area contributed by atoms with Crippen LogP contribution in [0, 0.1) is 0 Å². The Bertz CT molecular complexity index is 1160. The van der Waals surface area contributed by atoms with E-state index in [1.165, 1.54) is 11.9 Å². The molecule has 0 spiro atoms. The Morgan fingerprint density at radius 1 is 1.18 bits per heavy atom. The zero-order chi connectivity index (χ0) is 26.7. The number of fused-ring (bicyclic) bond motifs is 1. The van der Waals surface area contributed by atoms with E-state index in [1.54, 1.807) is 29.2 Å². The third kappa shape index (κ3) is 8.17. The minimum absolute atomic E-state index is 0.210. The highest BCUT2D eigenvalue weighted by Crippen LogP contribution is 2.20. The number of aliphatic carboxylic acids is 1. The molecule has 3 aromatic heterocycles. The smallest absolute Gasteiger partial charge is 0.326 e. The van der Waals surface area contributed by atoms with E-state index < -0.39 is 18.4 Å². The Morgan fingerprint density at radius 2 is 2.05 bits per heavy atom. The summed E-state index contributed by atoms with van der Waals surface area (Å²) in [5.74, 6) is 0.786. The molecule has 0 bridgehead atoms. The lowest BCUT2D eigenvalue weighted by Gasteiger charge is -2.24. The topological polar surface area (TPSA) is 121 Å². The number of aromatic nitrogens is 5. The van der Waals surface area contributed by atoms with Crippen molar-refractivity contribution in [1.82, 2.24) is 29.6 Å². The molecule has 0 saturated carbocycles. The van der Waals surface area contributed by atoms with E-state index in [9.17, 15) is 18.7 Å². The molecule has 3 N–H and O–H groups in total. The normalized spacial score (nSPS) is 13.8. The third-order valence-corrected chi connectivity index (χ3v) is 6.52. The second-order valence-corrected chi connectivity index (χ2v) is 9.36. The van der Waals surface area contributed by atoms with Crippen LogP contribution in [0.1, 0.15) is 43.4 Å². The van der Waals surface area contributed by atoms with Crippen LogP contribution in [0.25, 0.3) is 5.82 Å². The Balaban J connectivity index is 1.29. The van der Waals surface area contributed by atoms with Gasteiger partial charge in [-0.25, -0.2) is 33.2 Å². The molecule has 12 heteroatoms. The molecule has 1 aliphatic rings. The van der Waals surface area contributed by atoms with Crippen LogP contribution in [-0.4, -0.2) is 79.4 Å². The first-order chi connectivity index (χ1) is 18.5. The number of pyridine rings is 1. The number of hydrogen-bond acceptors (Lipinski definition) is 8. The quantitative estimate of drug-likeness (QED) is 0.254. The van der Waals surface area contributed by atoms with Crippen molar-refractivity contribution in [3.63, 3.8) is 0 Å². The summed E-state index contributed by atoms with van der Waals surface area (Å²) in [5, 5.41) is 20.2. The van der Waals surface area contributed by atoms with Crippen molar-refractivity contribution in [2.75, 3.05) is 36.8 Å². The average Bonchev–Trinajstić information content (AvgIpc) is 3.46. The largest absolute Gasteiger partial charge is 0.480 e. The van der Waals surface area contributed by atoms with Gasteiger partial charge < -0.3 is 20.6 Å². The maximum Gasteiger partial charge on any atom is 0.326 e. The number of nitrogens with zero attached hydrogens (tertiary/aromatic N) is 6. The third-order valence-electron chi connectivity index (χ3n) is 6.52. The van der Waals surface area contributed by atoms with Crippen molar-refractivity contribution in [3.05, 3.63) is 54.2 Å². The molecule has 4 rings (SSSR count). The highest BCUT2D eigenvalue weighted by atomic mass is 19.3. The van der Waals surface area contributed by atoms with Crippen molar-refractivity contribution in [2.24, 2.45) is 0 Å². The Morgan fingerprint density at radius 3 is 2.84 bits per heavy atom. The van der Waals surface area contributed by atoms with E-state index in [0.29, 0.717) is 24.7 Å². The van der Waals surface area contributed by atoms with Crippen LogP contribution < -0.4 is 10.6 Å². The number of nitrogens with one attached hydrogen (secondary N) is 2. The molecule has 10 nitrogen and oxygen atoms in total. The van der Waals surface area contributed by atoms with E-state index in [0.717, 1.165) is 50.2 Å². The molecule has 0 radical (unpaired) electrons. The van der Waals surface area contributed by atoms with Crippen LogP contribution in [0.3, 0.4) is 0 Å². The standard InChI is InChI=1S/C26H34F2N8O2/c27-22(28)10-16-35(13-2-1-6-20-8-7-19-5-3-11-29-25(19)33-20)15-9-21(26(37)38)34-23-17-24(31-18-30-23)36-14-4-12-32-36/h4,7-8,12,14,17-18,21-22H,1-3,5-6,9-11,13,15-16H2,(H,29,33)(H,37,38)(H,30,31,34). The van der Waals surface area contributed by atoms with Crippen LogP contribution in [0.2, 0.25) is 0 Å². The van der Waals surface area contributed by atoms with Crippen molar-refractivity contribution >= 4 is 17.6 Å². The molecule has 4 heterocycles. The highest BCUT2D eigenvalue weighted by molar-refractivity contribution is 5.76. The van der Waals surface area contributed by atoms with Crippen molar-refractivity contribution in [1.29, 1.82) is 0 Å². The summed E-state index contributed by atoms with van der Waals surface area (Å²) in [6.45, 7) is 2.13. The van der Waals surface area contributed by atoms with E-state index in [-0.39, 0.29) is 19.4 Å². The van der Waals surface area contributed by atoms with Gasteiger partial charge in [0.15, 0.2) is 5.82 Å². The van der Waals surface area contributed by atoms with Gasteiger partial charge in [-0.3, -0.25) is 0 Å².